The van der Waals surface area contributed by atoms with E-state index in [1.54, 1.807) is 7.05 Å². The molecule has 7 nitrogen and oxygen atoms in total. The lowest BCUT2D eigenvalue weighted by Gasteiger charge is -2.29. The highest BCUT2D eigenvalue weighted by atomic mass is 16.3. The van der Waals surface area contributed by atoms with Crippen molar-refractivity contribution in [3.8, 4) is 0 Å². The van der Waals surface area contributed by atoms with E-state index in [1.807, 2.05) is 6.92 Å². The van der Waals surface area contributed by atoms with Crippen LogP contribution in [0.1, 0.15) is 19.2 Å². The van der Waals surface area contributed by atoms with E-state index in [0.29, 0.717) is 18.8 Å². The Morgan fingerprint density at radius 3 is 2.47 bits per heavy atom. The van der Waals surface area contributed by atoms with Crippen molar-refractivity contribution in [2.75, 3.05) is 13.2 Å². The summed E-state index contributed by atoms with van der Waals surface area (Å²) in [6.45, 7) is 2.02. The van der Waals surface area contributed by atoms with Crippen molar-refractivity contribution >= 4 is 0 Å². The van der Waals surface area contributed by atoms with Gasteiger partial charge in [-0.3, -0.25) is 0 Å². The number of nitrogens with zero attached hydrogens (tertiary/aromatic N) is 4. The van der Waals surface area contributed by atoms with E-state index < -0.39 is 5.54 Å². The van der Waals surface area contributed by atoms with E-state index in [9.17, 15) is 10.2 Å². The molecule has 7 heteroatoms. The predicted octanol–water partition coefficient (Wildman–Crippen LogP) is -1.57. The monoisotopic (exact) mass is 215 g/mol. The Morgan fingerprint density at radius 2 is 2.07 bits per heavy atom. The SMILES string of the molecule is CCC(CO)(CO)NCc1nnn(C)n1. The molecule has 0 saturated heterocycles. The van der Waals surface area contributed by atoms with E-state index in [2.05, 4.69) is 20.7 Å². The highest BCUT2D eigenvalue weighted by Gasteiger charge is 2.26. The maximum absolute atomic E-state index is 9.18. The van der Waals surface area contributed by atoms with Crippen molar-refractivity contribution in [2.24, 2.45) is 7.05 Å². The predicted molar refractivity (Wildman–Crippen MR) is 52.8 cm³/mol. The molecule has 0 radical (unpaired) electrons. The summed E-state index contributed by atoms with van der Waals surface area (Å²) in [5.74, 6) is 0.539. The fraction of sp³-hybridized carbons (Fsp3) is 0.875. The van der Waals surface area contributed by atoms with Crippen LogP contribution in [-0.4, -0.2) is 49.2 Å². The van der Waals surface area contributed by atoms with Gasteiger partial charge < -0.3 is 15.5 Å². The molecule has 1 rings (SSSR count). The second kappa shape index (κ2) is 5.15. The Bertz CT molecular complexity index is 289. The zero-order valence-corrected chi connectivity index (χ0v) is 9.01. The molecular formula is C8H17N5O2. The molecule has 0 aromatic carbocycles. The number of aliphatic hydroxyl groups excluding tert-OH is 2. The van der Waals surface area contributed by atoms with E-state index in [-0.39, 0.29) is 13.2 Å². The molecule has 0 aliphatic rings. The average molecular weight is 215 g/mol. The number of aromatic nitrogens is 4. The number of aryl methyl sites for hydroxylation is 1. The Balaban J connectivity index is 2.54. The van der Waals surface area contributed by atoms with Gasteiger partial charge in [-0.25, -0.2) is 0 Å². The van der Waals surface area contributed by atoms with Crippen LogP contribution in [0.15, 0.2) is 0 Å². The lowest BCUT2D eigenvalue weighted by atomic mass is 9.98. The third-order valence-electron chi connectivity index (χ3n) is 2.45. The van der Waals surface area contributed by atoms with Crippen molar-refractivity contribution in [1.29, 1.82) is 0 Å². The van der Waals surface area contributed by atoms with Gasteiger partial charge in [-0.1, -0.05) is 6.92 Å². The number of tetrazole rings is 1. The zero-order chi connectivity index (χ0) is 11.3. The molecule has 1 heterocycles. The van der Waals surface area contributed by atoms with Crippen LogP contribution in [0, 0.1) is 0 Å². The molecule has 0 aliphatic heterocycles. The third kappa shape index (κ3) is 2.95. The molecule has 0 spiro atoms. The average Bonchev–Trinajstić information content (AvgIpc) is 2.67. The van der Waals surface area contributed by atoms with Gasteiger partial charge in [0.2, 0.25) is 0 Å². The summed E-state index contributed by atoms with van der Waals surface area (Å²) in [6, 6.07) is 0. The molecule has 0 amide bonds. The minimum Gasteiger partial charge on any atom is -0.394 e. The molecule has 1 aromatic heterocycles. The van der Waals surface area contributed by atoms with Crippen LogP contribution in [0.4, 0.5) is 0 Å². The fourth-order valence-electron chi connectivity index (χ4n) is 1.17. The third-order valence-corrected chi connectivity index (χ3v) is 2.45. The van der Waals surface area contributed by atoms with E-state index in [4.69, 9.17) is 0 Å². The minimum absolute atomic E-state index is 0.125. The number of hydrogen-bond acceptors (Lipinski definition) is 6. The summed E-state index contributed by atoms with van der Waals surface area (Å²) in [7, 11) is 1.68. The molecule has 0 saturated carbocycles. The highest BCUT2D eigenvalue weighted by molar-refractivity contribution is 4.88. The summed E-state index contributed by atoms with van der Waals surface area (Å²) in [5, 5.41) is 32.9. The van der Waals surface area contributed by atoms with Crippen molar-refractivity contribution in [2.45, 2.75) is 25.4 Å². The zero-order valence-electron chi connectivity index (χ0n) is 9.01. The Labute approximate surface area is 88.1 Å². The first-order valence-corrected chi connectivity index (χ1v) is 4.85. The number of hydrogen-bond donors (Lipinski definition) is 3. The van der Waals surface area contributed by atoms with Crippen LogP contribution in [0.2, 0.25) is 0 Å². The summed E-state index contributed by atoms with van der Waals surface area (Å²) in [6.07, 6.45) is 0.625. The normalized spacial score (nSPS) is 12.0. The molecule has 86 valence electrons. The van der Waals surface area contributed by atoms with Crippen LogP contribution in [0.3, 0.4) is 0 Å². The number of nitrogens with one attached hydrogen (secondary N) is 1. The van der Waals surface area contributed by atoms with Crippen molar-refractivity contribution in [3.05, 3.63) is 5.82 Å². The maximum atomic E-state index is 9.18. The summed E-state index contributed by atoms with van der Waals surface area (Å²) in [4.78, 5) is 1.36. The molecule has 0 atom stereocenters. The van der Waals surface area contributed by atoms with Crippen LogP contribution < -0.4 is 5.32 Å². The van der Waals surface area contributed by atoms with E-state index >= 15 is 0 Å². The molecule has 3 N–H and O–H groups in total. The van der Waals surface area contributed by atoms with Gasteiger partial charge in [-0.05, 0) is 11.6 Å². The molecule has 0 unspecified atom stereocenters. The van der Waals surface area contributed by atoms with Crippen molar-refractivity contribution < 1.29 is 10.2 Å². The minimum atomic E-state index is -0.667. The lowest BCUT2D eigenvalue weighted by Crippen LogP contribution is -2.50. The highest BCUT2D eigenvalue weighted by Crippen LogP contribution is 2.08. The summed E-state index contributed by atoms with van der Waals surface area (Å²) < 4.78 is 0. The standard InChI is InChI=1S/C8H17N5O2/c1-3-8(5-14,6-15)9-4-7-10-12-13(2)11-7/h9,14-15H,3-6H2,1-2H3. The van der Waals surface area contributed by atoms with Gasteiger partial charge in [-0.15, -0.1) is 10.2 Å². The van der Waals surface area contributed by atoms with Crippen LogP contribution in [0.5, 0.6) is 0 Å². The molecule has 1 aromatic rings. The van der Waals surface area contributed by atoms with Gasteiger partial charge in [0, 0.05) is 0 Å². The molecule has 0 aliphatic carbocycles. The lowest BCUT2D eigenvalue weighted by molar-refractivity contribution is 0.0858. The quantitative estimate of drug-likeness (QED) is 0.531. The topological polar surface area (TPSA) is 96.1 Å². The Morgan fingerprint density at radius 1 is 1.40 bits per heavy atom. The fourth-order valence-corrected chi connectivity index (χ4v) is 1.17. The Hall–Kier alpha value is -1.05. The number of aliphatic hydroxyl groups is 2. The molecule has 0 fully saturated rings. The largest absolute Gasteiger partial charge is 0.394 e. The van der Waals surface area contributed by atoms with E-state index in [0.717, 1.165) is 0 Å². The van der Waals surface area contributed by atoms with Crippen LogP contribution >= 0.6 is 0 Å². The van der Waals surface area contributed by atoms with E-state index in [1.165, 1.54) is 4.80 Å². The second-order valence-electron chi connectivity index (χ2n) is 3.50. The molecule has 0 bridgehead atoms. The first kappa shape index (κ1) is 12.0. The van der Waals surface area contributed by atoms with Gasteiger partial charge in [-0.2, -0.15) is 4.80 Å². The van der Waals surface area contributed by atoms with Crippen LogP contribution in [-0.2, 0) is 13.6 Å². The summed E-state index contributed by atoms with van der Waals surface area (Å²) in [5.41, 5.74) is -0.667. The van der Waals surface area contributed by atoms with Gasteiger partial charge in [0.05, 0.1) is 32.3 Å². The first-order valence-electron chi connectivity index (χ1n) is 4.85. The number of rotatable bonds is 6. The Kier molecular flexibility index (Phi) is 4.13. The van der Waals surface area contributed by atoms with Gasteiger partial charge in [0.1, 0.15) is 0 Å². The van der Waals surface area contributed by atoms with Crippen LogP contribution in [0.25, 0.3) is 0 Å². The smallest absolute Gasteiger partial charge is 0.188 e. The van der Waals surface area contributed by atoms with Gasteiger partial charge in [0.15, 0.2) is 5.82 Å². The van der Waals surface area contributed by atoms with Crippen molar-refractivity contribution in [3.63, 3.8) is 0 Å². The second-order valence-corrected chi connectivity index (χ2v) is 3.50. The summed E-state index contributed by atoms with van der Waals surface area (Å²) >= 11 is 0. The molecule has 15 heavy (non-hydrogen) atoms. The van der Waals surface area contributed by atoms with Crippen molar-refractivity contribution in [1.82, 2.24) is 25.5 Å². The maximum Gasteiger partial charge on any atom is 0.188 e. The van der Waals surface area contributed by atoms with Gasteiger partial charge >= 0.3 is 0 Å². The molecular weight excluding hydrogens is 198 g/mol. The van der Waals surface area contributed by atoms with Gasteiger partial charge in [0.25, 0.3) is 0 Å². The first-order chi connectivity index (χ1) is 7.15.